The van der Waals surface area contributed by atoms with Crippen molar-refractivity contribution >= 4 is 55.9 Å². The zero-order chi connectivity index (χ0) is 20.0. The highest BCUT2D eigenvalue weighted by atomic mass is 79.9. The van der Waals surface area contributed by atoms with Crippen molar-refractivity contribution in [2.24, 2.45) is 14.1 Å². The van der Waals surface area contributed by atoms with Gasteiger partial charge >= 0.3 is 5.69 Å². The van der Waals surface area contributed by atoms with Gasteiger partial charge in [-0.05, 0) is 47.2 Å². The molecule has 0 aliphatic carbocycles. The van der Waals surface area contributed by atoms with E-state index in [9.17, 15) is 14.4 Å². The van der Waals surface area contributed by atoms with Crippen molar-refractivity contribution in [1.29, 1.82) is 0 Å². The topological polar surface area (TPSA) is 64.3 Å². The molecule has 28 heavy (non-hydrogen) atoms. The first-order chi connectivity index (χ1) is 13.4. The largest absolute Gasteiger partial charge is 0.328 e. The molecule has 1 aliphatic heterocycles. The zero-order valence-corrected chi connectivity index (χ0v) is 17.6. The van der Waals surface area contributed by atoms with Gasteiger partial charge in [-0.1, -0.05) is 40.2 Å². The van der Waals surface area contributed by atoms with Crippen molar-refractivity contribution in [3.8, 4) is 0 Å². The Kier molecular flexibility index (Phi) is 4.76. The molecular weight excluding hydrogens is 442 g/mol. The number of carbonyl (C=O) groups excluding carboxylic acids is 2. The number of imide groups is 1. The number of carbonyl (C=O) groups is 2. The highest BCUT2D eigenvalue weighted by Gasteiger charge is 2.35. The second-order valence-corrected chi connectivity index (χ2v) is 8.36. The number of aryl methyl sites for hydroxylation is 2. The third kappa shape index (κ3) is 3.12. The van der Waals surface area contributed by atoms with Crippen molar-refractivity contribution in [3.05, 3.63) is 73.5 Å². The van der Waals surface area contributed by atoms with Gasteiger partial charge in [-0.15, -0.1) is 0 Å². The lowest BCUT2D eigenvalue weighted by Gasteiger charge is -2.13. The van der Waals surface area contributed by atoms with Gasteiger partial charge in [0.25, 0.3) is 11.1 Å². The van der Waals surface area contributed by atoms with Gasteiger partial charge in [-0.25, -0.2) is 4.79 Å². The first-order valence-corrected chi connectivity index (χ1v) is 10.1. The van der Waals surface area contributed by atoms with Gasteiger partial charge in [0.2, 0.25) is 0 Å². The van der Waals surface area contributed by atoms with E-state index in [-0.39, 0.29) is 23.4 Å². The van der Waals surface area contributed by atoms with E-state index >= 15 is 0 Å². The second kappa shape index (κ2) is 7.10. The Morgan fingerprint density at radius 3 is 2.46 bits per heavy atom. The van der Waals surface area contributed by atoms with Gasteiger partial charge in [0.1, 0.15) is 0 Å². The van der Waals surface area contributed by atoms with Crippen LogP contribution in [0.25, 0.3) is 17.1 Å². The summed E-state index contributed by atoms with van der Waals surface area (Å²) in [4.78, 5) is 38.8. The molecule has 3 aromatic rings. The average molecular weight is 458 g/mol. The van der Waals surface area contributed by atoms with E-state index in [1.807, 2.05) is 42.5 Å². The fourth-order valence-corrected chi connectivity index (χ4v) is 4.45. The summed E-state index contributed by atoms with van der Waals surface area (Å²) < 4.78 is 3.99. The molecule has 4 rings (SSSR count). The number of benzene rings is 2. The molecular formula is C20H16BrN3O3S. The van der Waals surface area contributed by atoms with Crippen LogP contribution in [0, 0.1) is 0 Å². The maximum absolute atomic E-state index is 12.8. The number of imidazole rings is 1. The molecule has 1 aliphatic rings. The average Bonchev–Trinajstić information content (AvgIpc) is 3.06. The Hall–Kier alpha value is -2.58. The number of hydrogen-bond acceptors (Lipinski definition) is 4. The van der Waals surface area contributed by atoms with Gasteiger partial charge in [0, 0.05) is 18.6 Å². The Morgan fingerprint density at radius 1 is 1.00 bits per heavy atom. The van der Waals surface area contributed by atoms with Crippen LogP contribution in [-0.2, 0) is 25.4 Å². The molecule has 2 amide bonds. The van der Waals surface area contributed by atoms with Crippen molar-refractivity contribution < 1.29 is 9.59 Å². The SMILES string of the molecule is Cn1c(=O)n(C)c2cc(/C=C3\SC(=O)N(Cc4ccccc4Br)C3=O)ccc21. The molecule has 6 nitrogen and oxygen atoms in total. The zero-order valence-electron chi connectivity index (χ0n) is 15.2. The van der Waals surface area contributed by atoms with Crippen LogP contribution in [0.5, 0.6) is 0 Å². The number of rotatable bonds is 3. The number of nitrogens with zero attached hydrogens (tertiary/aromatic N) is 3. The summed E-state index contributed by atoms with van der Waals surface area (Å²) >= 11 is 4.38. The summed E-state index contributed by atoms with van der Waals surface area (Å²) in [5.41, 5.74) is 3.10. The number of thioether (sulfide) groups is 1. The molecule has 0 saturated carbocycles. The lowest BCUT2D eigenvalue weighted by Crippen LogP contribution is -2.27. The van der Waals surface area contributed by atoms with E-state index in [4.69, 9.17) is 0 Å². The third-order valence-electron chi connectivity index (χ3n) is 4.75. The quantitative estimate of drug-likeness (QED) is 0.559. The number of amides is 2. The molecule has 0 radical (unpaired) electrons. The Bertz CT molecular complexity index is 1230. The number of halogens is 1. The van der Waals surface area contributed by atoms with Crippen LogP contribution in [0.15, 0.2) is 56.6 Å². The van der Waals surface area contributed by atoms with Gasteiger partial charge in [-0.3, -0.25) is 23.6 Å². The van der Waals surface area contributed by atoms with E-state index in [1.165, 1.54) is 4.90 Å². The maximum atomic E-state index is 12.8. The maximum Gasteiger partial charge on any atom is 0.328 e. The van der Waals surface area contributed by atoms with Crippen LogP contribution in [0.2, 0.25) is 0 Å². The molecule has 1 aromatic heterocycles. The van der Waals surface area contributed by atoms with E-state index in [0.29, 0.717) is 4.91 Å². The highest BCUT2D eigenvalue weighted by Crippen LogP contribution is 2.34. The van der Waals surface area contributed by atoms with Gasteiger partial charge in [-0.2, -0.15) is 0 Å². The van der Waals surface area contributed by atoms with Crippen LogP contribution in [0.4, 0.5) is 4.79 Å². The van der Waals surface area contributed by atoms with E-state index in [0.717, 1.165) is 38.4 Å². The molecule has 1 fully saturated rings. The molecule has 1 saturated heterocycles. The summed E-state index contributed by atoms with van der Waals surface area (Å²) in [5.74, 6) is -0.312. The molecule has 0 spiro atoms. The molecule has 8 heteroatoms. The fourth-order valence-electron chi connectivity index (χ4n) is 3.20. The summed E-state index contributed by atoms with van der Waals surface area (Å²) in [6, 6.07) is 13.0. The molecule has 0 unspecified atom stereocenters. The van der Waals surface area contributed by atoms with Crippen LogP contribution >= 0.6 is 27.7 Å². The highest BCUT2D eigenvalue weighted by molar-refractivity contribution is 9.10. The van der Waals surface area contributed by atoms with Gasteiger partial charge in [0.05, 0.1) is 22.5 Å². The van der Waals surface area contributed by atoms with Crippen molar-refractivity contribution in [1.82, 2.24) is 14.0 Å². The Labute approximate surface area is 173 Å². The number of fused-ring (bicyclic) bond motifs is 1. The predicted molar refractivity (Wildman–Crippen MR) is 114 cm³/mol. The third-order valence-corrected chi connectivity index (χ3v) is 6.43. The molecule has 0 N–H and O–H groups in total. The number of aromatic nitrogens is 2. The van der Waals surface area contributed by atoms with Crippen molar-refractivity contribution in [2.75, 3.05) is 0 Å². The van der Waals surface area contributed by atoms with Crippen molar-refractivity contribution in [3.63, 3.8) is 0 Å². The number of hydrogen-bond donors (Lipinski definition) is 0. The first-order valence-electron chi connectivity index (χ1n) is 8.51. The normalized spacial score (nSPS) is 16.0. The summed E-state index contributed by atoms with van der Waals surface area (Å²) in [6.45, 7) is 0.218. The predicted octanol–water partition coefficient (Wildman–Crippen LogP) is 3.88. The molecule has 0 bridgehead atoms. The minimum Gasteiger partial charge on any atom is -0.295 e. The smallest absolute Gasteiger partial charge is 0.295 e. The molecule has 142 valence electrons. The van der Waals surface area contributed by atoms with E-state index in [2.05, 4.69) is 15.9 Å². The summed E-state index contributed by atoms with van der Waals surface area (Å²) in [6.07, 6.45) is 1.70. The summed E-state index contributed by atoms with van der Waals surface area (Å²) in [5, 5.41) is -0.291. The molecule has 2 aromatic carbocycles. The van der Waals surface area contributed by atoms with Crippen molar-refractivity contribution in [2.45, 2.75) is 6.54 Å². The fraction of sp³-hybridized carbons (Fsp3) is 0.150. The van der Waals surface area contributed by atoms with E-state index < -0.39 is 0 Å². The first kappa shape index (κ1) is 18.8. The lowest BCUT2D eigenvalue weighted by atomic mass is 10.1. The molecule has 0 atom stereocenters. The van der Waals surface area contributed by atoms with Gasteiger partial charge < -0.3 is 0 Å². The van der Waals surface area contributed by atoms with Crippen LogP contribution < -0.4 is 5.69 Å². The Balaban J connectivity index is 1.66. The van der Waals surface area contributed by atoms with Crippen LogP contribution in [0.1, 0.15) is 11.1 Å². The van der Waals surface area contributed by atoms with Crippen LogP contribution in [0.3, 0.4) is 0 Å². The minimum atomic E-state index is -0.312. The summed E-state index contributed by atoms with van der Waals surface area (Å²) in [7, 11) is 3.43. The van der Waals surface area contributed by atoms with Gasteiger partial charge in [0.15, 0.2) is 0 Å². The monoisotopic (exact) mass is 457 g/mol. The molecule has 2 heterocycles. The van der Waals surface area contributed by atoms with E-state index in [1.54, 1.807) is 29.3 Å². The van der Waals surface area contributed by atoms with Crippen LogP contribution in [-0.4, -0.2) is 25.2 Å². The standard InChI is InChI=1S/C20H16BrN3O3S/c1-22-15-8-7-12(9-16(15)23(2)19(22)26)10-17-18(25)24(20(27)28-17)11-13-5-3-4-6-14(13)21/h3-10H,11H2,1-2H3/b17-10-. The lowest BCUT2D eigenvalue weighted by molar-refractivity contribution is -0.123. The second-order valence-electron chi connectivity index (χ2n) is 6.51. The minimum absolute atomic E-state index is 0.110. The Morgan fingerprint density at radius 2 is 1.71 bits per heavy atom.